The predicted octanol–water partition coefficient (Wildman–Crippen LogP) is 3.17. The summed E-state index contributed by atoms with van der Waals surface area (Å²) in [6, 6.07) is 7.00. The maximum atomic E-state index is 12.5. The molecule has 0 aromatic heterocycles. The van der Waals surface area contributed by atoms with Crippen LogP contribution in [-0.4, -0.2) is 55.2 Å². The zero-order valence-electron chi connectivity index (χ0n) is 19.0. The van der Waals surface area contributed by atoms with Gasteiger partial charge < -0.3 is 30.8 Å². The summed E-state index contributed by atoms with van der Waals surface area (Å²) in [6.07, 6.45) is 2.59. The van der Waals surface area contributed by atoms with Crippen molar-refractivity contribution in [1.29, 1.82) is 0 Å². The average Bonchev–Trinajstić information content (AvgIpc) is 2.79. The van der Waals surface area contributed by atoms with Crippen molar-refractivity contribution in [3.63, 3.8) is 0 Å². The van der Waals surface area contributed by atoms with E-state index in [4.69, 9.17) is 0 Å². The first kappa shape index (κ1) is 26.7. The summed E-state index contributed by atoms with van der Waals surface area (Å²) in [5.41, 5.74) is -0.108. The van der Waals surface area contributed by atoms with Crippen molar-refractivity contribution in [2.45, 2.75) is 64.0 Å². The number of hydrogen-bond acceptors (Lipinski definition) is 8. The van der Waals surface area contributed by atoms with E-state index in [9.17, 15) is 39.9 Å². The molecule has 1 amide bonds. The minimum atomic E-state index is -1.15. The van der Waals surface area contributed by atoms with Gasteiger partial charge in [0.05, 0.1) is 17.2 Å². The Morgan fingerprint density at radius 3 is 1.85 bits per heavy atom. The van der Waals surface area contributed by atoms with Crippen LogP contribution in [0.25, 0.3) is 0 Å². The van der Waals surface area contributed by atoms with Crippen molar-refractivity contribution in [1.82, 2.24) is 5.32 Å². The van der Waals surface area contributed by atoms with Gasteiger partial charge in [0.1, 0.15) is 6.04 Å². The molecule has 0 saturated heterocycles. The molecule has 0 unspecified atom stereocenters. The van der Waals surface area contributed by atoms with Crippen LogP contribution >= 0.6 is 0 Å². The number of aliphatic hydroxyl groups excluding tert-OH is 1. The molecule has 184 valence electrons. The summed E-state index contributed by atoms with van der Waals surface area (Å²) in [5, 5.41) is 50.9. The number of carbonyl (C=O) groups is 3. The smallest absolute Gasteiger partial charge is 0.255 e. The van der Waals surface area contributed by atoms with Crippen LogP contribution in [0, 0.1) is 0 Å². The molecule has 0 fully saturated rings. The fourth-order valence-corrected chi connectivity index (χ4v) is 3.57. The molecule has 0 radical (unpaired) electrons. The highest BCUT2D eigenvalue weighted by Gasteiger charge is 2.26. The van der Waals surface area contributed by atoms with Crippen molar-refractivity contribution in [3.8, 4) is 23.0 Å². The summed E-state index contributed by atoms with van der Waals surface area (Å²) in [7, 11) is 0. The molecule has 2 aromatic rings. The zero-order chi connectivity index (χ0) is 25.3. The quantitative estimate of drug-likeness (QED) is 0.147. The van der Waals surface area contributed by atoms with Gasteiger partial charge in [-0.3, -0.25) is 14.4 Å². The molecule has 6 N–H and O–H groups in total. The van der Waals surface area contributed by atoms with E-state index in [2.05, 4.69) is 5.32 Å². The Kier molecular flexibility index (Phi) is 9.88. The number of rotatable bonds is 13. The average molecular weight is 474 g/mol. The number of phenols is 4. The van der Waals surface area contributed by atoms with Gasteiger partial charge in [0.15, 0.2) is 34.6 Å². The minimum Gasteiger partial charge on any atom is -0.504 e. The highest BCUT2D eigenvalue weighted by atomic mass is 16.3. The zero-order valence-corrected chi connectivity index (χ0v) is 19.0. The summed E-state index contributed by atoms with van der Waals surface area (Å²) in [6.45, 7) is 1.38. The summed E-state index contributed by atoms with van der Waals surface area (Å²) < 4.78 is 0. The third-order valence-corrected chi connectivity index (χ3v) is 5.52. The third kappa shape index (κ3) is 7.21. The van der Waals surface area contributed by atoms with E-state index in [-0.39, 0.29) is 41.3 Å². The monoisotopic (exact) mass is 473 g/mol. The first-order valence-corrected chi connectivity index (χ1v) is 11.2. The van der Waals surface area contributed by atoms with Crippen LogP contribution in [0.4, 0.5) is 0 Å². The highest BCUT2D eigenvalue weighted by Crippen LogP contribution is 2.30. The van der Waals surface area contributed by atoms with E-state index in [1.165, 1.54) is 43.3 Å². The normalized spacial score (nSPS) is 12.6. The van der Waals surface area contributed by atoms with E-state index < -0.39 is 35.3 Å². The highest BCUT2D eigenvalue weighted by molar-refractivity contribution is 6.00. The molecule has 9 heteroatoms. The lowest BCUT2D eigenvalue weighted by atomic mass is 9.99. The van der Waals surface area contributed by atoms with Crippen molar-refractivity contribution >= 4 is 17.5 Å². The molecular formula is C25H31NO8. The van der Waals surface area contributed by atoms with Crippen molar-refractivity contribution in [2.24, 2.45) is 0 Å². The Labute approximate surface area is 197 Å². The molecule has 0 aliphatic carbocycles. The molecule has 2 rings (SSSR count). The number of aliphatic hydroxyl groups is 1. The third-order valence-electron chi connectivity index (χ3n) is 5.52. The number of Topliss-reactive ketones (excluding diaryl/α,β-unsaturated/α-hetero) is 2. The number of hydrogen-bond donors (Lipinski definition) is 6. The first-order valence-electron chi connectivity index (χ1n) is 11.2. The molecule has 9 nitrogen and oxygen atoms in total. The van der Waals surface area contributed by atoms with Crippen molar-refractivity contribution in [2.75, 3.05) is 0 Å². The van der Waals surface area contributed by atoms with Gasteiger partial charge in [-0.05, 0) is 44.0 Å². The topological polar surface area (TPSA) is 164 Å². The molecular weight excluding hydrogens is 442 g/mol. The Bertz CT molecular complexity index is 1020. The largest absolute Gasteiger partial charge is 0.504 e. The van der Waals surface area contributed by atoms with Gasteiger partial charge in [0.2, 0.25) is 0 Å². The van der Waals surface area contributed by atoms with E-state index in [1.54, 1.807) is 0 Å². The summed E-state index contributed by atoms with van der Waals surface area (Å²) in [5.74, 6) is -3.20. The molecule has 0 spiro atoms. The van der Waals surface area contributed by atoms with E-state index in [1.807, 2.05) is 0 Å². The second-order valence-corrected chi connectivity index (χ2v) is 8.20. The molecule has 2 atom stereocenters. The second kappa shape index (κ2) is 12.6. The lowest BCUT2D eigenvalue weighted by Crippen LogP contribution is -2.47. The van der Waals surface area contributed by atoms with Crippen LogP contribution in [0.5, 0.6) is 23.0 Å². The Morgan fingerprint density at radius 2 is 1.26 bits per heavy atom. The maximum absolute atomic E-state index is 12.5. The first-order chi connectivity index (χ1) is 16.1. The van der Waals surface area contributed by atoms with Crippen molar-refractivity contribution < 1.29 is 39.9 Å². The van der Waals surface area contributed by atoms with Crippen LogP contribution in [0.3, 0.4) is 0 Å². The Balaban J connectivity index is 1.73. The lowest BCUT2D eigenvalue weighted by Gasteiger charge is -2.20. The number of carbonyl (C=O) groups excluding carboxylic acids is 3. The second-order valence-electron chi connectivity index (χ2n) is 8.20. The van der Waals surface area contributed by atoms with E-state index in [0.29, 0.717) is 19.3 Å². The predicted molar refractivity (Wildman–Crippen MR) is 124 cm³/mol. The van der Waals surface area contributed by atoms with Gasteiger partial charge in [-0.1, -0.05) is 31.4 Å². The fourth-order valence-electron chi connectivity index (χ4n) is 3.57. The minimum absolute atomic E-state index is 0.0934. The fraction of sp³-hybridized carbons (Fsp3) is 0.400. The molecule has 0 saturated carbocycles. The number of amides is 1. The number of nitrogens with one attached hydrogen (secondary N) is 1. The van der Waals surface area contributed by atoms with Gasteiger partial charge in [-0.25, -0.2) is 0 Å². The molecule has 2 aromatic carbocycles. The van der Waals surface area contributed by atoms with Gasteiger partial charge in [-0.15, -0.1) is 0 Å². The number of unbranched alkanes of at least 4 members (excludes halogenated alkanes) is 4. The van der Waals surface area contributed by atoms with Crippen LogP contribution in [-0.2, 0) is 4.79 Å². The van der Waals surface area contributed by atoms with Gasteiger partial charge in [0.25, 0.3) is 5.91 Å². The van der Waals surface area contributed by atoms with Gasteiger partial charge in [0, 0.05) is 12.8 Å². The van der Waals surface area contributed by atoms with Gasteiger partial charge in [-0.2, -0.15) is 0 Å². The number of aromatic hydroxyl groups is 4. The Morgan fingerprint density at radius 1 is 0.765 bits per heavy atom. The molecule has 34 heavy (non-hydrogen) atoms. The molecule has 0 aliphatic rings. The molecule has 0 bridgehead atoms. The number of para-hydroxylation sites is 2. The van der Waals surface area contributed by atoms with Crippen LogP contribution in [0.1, 0.15) is 72.6 Å². The van der Waals surface area contributed by atoms with Gasteiger partial charge >= 0.3 is 0 Å². The Hall–Kier alpha value is -3.59. The van der Waals surface area contributed by atoms with Crippen LogP contribution in [0.15, 0.2) is 36.4 Å². The van der Waals surface area contributed by atoms with E-state index >= 15 is 0 Å². The molecule has 0 heterocycles. The lowest BCUT2D eigenvalue weighted by molar-refractivity contribution is -0.123. The number of benzene rings is 2. The number of ketones is 2. The standard InChI is InChI=1S/C25H31NO8/c1-15(27)22(26-25(34)17-10-8-14-21(31)24(17)33)19(29)12-6-4-2-3-5-11-18(28)16-9-7-13-20(30)23(16)32/h7-10,13-15,22,27,30-33H,2-6,11-12H2,1H3,(H,26,34)/t15-,22+/m1/s1. The summed E-state index contributed by atoms with van der Waals surface area (Å²) in [4.78, 5) is 37.1. The van der Waals surface area contributed by atoms with E-state index in [0.717, 1.165) is 12.8 Å². The SMILES string of the molecule is C[C@@H](O)[C@H](NC(=O)c1cccc(O)c1O)C(=O)CCCCCCCC(=O)c1cccc(O)c1O. The molecule has 0 aliphatic heterocycles. The van der Waals surface area contributed by atoms with Crippen LogP contribution < -0.4 is 5.32 Å². The summed E-state index contributed by atoms with van der Waals surface area (Å²) >= 11 is 0. The number of phenolic OH excluding ortho intramolecular Hbond substituents is 4. The maximum Gasteiger partial charge on any atom is 0.255 e. The van der Waals surface area contributed by atoms with Crippen molar-refractivity contribution in [3.05, 3.63) is 47.5 Å². The van der Waals surface area contributed by atoms with Crippen LogP contribution in [0.2, 0.25) is 0 Å².